The summed E-state index contributed by atoms with van der Waals surface area (Å²) in [6, 6.07) is 6.08. The van der Waals surface area contributed by atoms with Crippen LogP contribution in [0.15, 0.2) is 53.7 Å². The third-order valence-electron chi connectivity index (χ3n) is 5.44. The number of rotatable bonds is 4. The number of aromatic nitrogens is 3. The Labute approximate surface area is 185 Å². The van der Waals surface area contributed by atoms with Crippen LogP contribution in [-0.2, 0) is 16.6 Å². The predicted molar refractivity (Wildman–Crippen MR) is 115 cm³/mol. The molecule has 0 radical (unpaired) electrons. The highest BCUT2D eigenvalue weighted by molar-refractivity contribution is 6.20. The zero-order valence-corrected chi connectivity index (χ0v) is 17.3. The Morgan fingerprint density at radius 3 is 2.52 bits per heavy atom. The van der Waals surface area contributed by atoms with Crippen LogP contribution in [0, 0.1) is 11.6 Å². The van der Waals surface area contributed by atoms with Crippen molar-refractivity contribution in [3.63, 3.8) is 0 Å². The second-order valence-corrected chi connectivity index (χ2v) is 7.57. The predicted octanol–water partition coefficient (Wildman–Crippen LogP) is 3.65. The van der Waals surface area contributed by atoms with E-state index >= 15 is 0 Å². The number of nitrogens with one attached hydrogen (secondary N) is 1. The summed E-state index contributed by atoms with van der Waals surface area (Å²) in [5, 5.41) is 0.559. The fraction of sp³-hybridized carbons (Fsp3) is 0.130. The first-order valence-corrected chi connectivity index (χ1v) is 9.99. The molecule has 1 saturated heterocycles. The summed E-state index contributed by atoms with van der Waals surface area (Å²) < 4.78 is 34.9. The lowest BCUT2D eigenvalue weighted by molar-refractivity contribution is -0.121. The Balaban J connectivity index is 1.72. The van der Waals surface area contributed by atoms with Crippen LogP contribution >= 0.6 is 0 Å². The second kappa shape index (κ2) is 7.66. The highest BCUT2D eigenvalue weighted by Crippen LogP contribution is 2.39. The van der Waals surface area contributed by atoms with E-state index in [1.807, 2.05) is 0 Å². The van der Waals surface area contributed by atoms with Crippen molar-refractivity contribution in [1.82, 2.24) is 14.5 Å². The Bertz CT molecular complexity index is 1490. The number of carbonyl (C=O) groups excluding carboxylic acids is 2. The minimum atomic E-state index is -0.925. The SMILES string of the molecule is Cn1cc(-c2cc(N3C(=O)CCC3=O)cnc2Oc2ccc(F)cc2F)c2cc[nH]c(=O)c21. The Morgan fingerprint density at radius 1 is 1.03 bits per heavy atom. The van der Waals surface area contributed by atoms with Crippen LogP contribution < -0.4 is 15.2 Å². The molecule has 0 atom stereocenters. The van der Waals surface area contributed by atoms with Crippen molar-refractivity contribution in [2.45, 2.75) is 12.8 Å². The zero-order valence-electron chi connectivity index (χ0n) is 17.3. The van der Waals surface area contributed by atoms with E-state index in [1.54, 1.807) is 23.9 Å². The molecule has 1 N–H and O–H groups in total. The lowest BCUT2D eigenvalue weighted by atomic mass is 10.1. The van der Waals surface area contributed by atoms with Gasteiger partial charge in [-0.15, -0.1) is 0 Å². The molecule has 4 heterocycles. The number of aromatic amines is 1. The van der Waals surface area contributed by atoms with E-state index < -0.39 is 11.6 Å². The molecule has 1 aliphatic heterocycles. The molecule has 33 heavy (non-hydrogen) atoms. The summed E-state index contributed by atoms with van der Waals surface area (Å²) in [5.41, 5.74) is 1.13. The van der Waals surface area contributed by atoms with Crippen molar-refractivity contribution in [3.8, 4) is 22.8 Å². The summed E-state index contributed by atoms with van der Waals surface area (Å²) in [4.78, 5) is 44.8. The van der Waals surface area contributed by atoms with Crippen molar-refractivity contribution in [2.24, 2.45) is 7.05 Å². The number of hydrogen-bond donors (Lipinski definition) is 1. The topological polar surface area (TPSA) is 97.3 Å². The van der Waals surface area contributed by atoms with Crippen LogP contribution in [0.4, 0.5) is 14.5 Å². The van der Waals surface area contributed by atoms with Gasteiger partial charge in [0.05, 0.1) is 11.9 Å². The summed E-state index contributed by atoms with van der Waals surface area (Å²) >= 11 is 0. The molecule has 1 aliphatic rings. The molecular formula is C23H16F2N4O4. The normalized spacial score (nSPS) is 13.8. The van der Waals surface area contributed by atoms with Gasteiger partial charge in [0.1, 0.15) is 11.3 Å². The van der Waals surface area contributed by atoms with Gasteiger partial charge >= 0.3 is 0 Å². The summed E-state index contributed by atoms with van der Waals surface area (Å²) in [7, 11) is 1.69. The van der Waals surface area contributed by atoms with Gasteiger partial charge < -0.3 is 14.3 Å². The number of imide groups is 1. The van der Waals surface area contributed by atoms with E-state index in [4.69, 9.17) is 4.74 Å². The van der Waals surface area contributed by atoms with Crippen LogP contribution in [0.3, 0.4) is 0 Å². The number of anilines is 1. The van der Waals surface area contributed by atoms with Gasteiger partial charge in [-0.1, -0.05) is 0 Å². The average molecular weight is 450 g/mol. The fourth-order valence-corrected chi connectivity index (χ4v) is 3.94. The number of pyridine rings is 2. The number of fused-ring (bicyclic) bond motifs is 1. The van der Waals surface area contributed by atoms with E-state index in [9.17, 15) is 23.2 Å². The van der Waals surface area contributed by atoms with Crippen molar-refractivity contribution in [1.29, 1.82) is 0 Å². The van der Waals surface area contributed by atoms with Crippen LogP contribution in [0.2, 0.25) is 0 Å². The van der Waals surface area contributed by atoms with E-state index in [0.717, 1.165) is 17.0 Å². The highest BCUT2D eigenvalue weighted by atomic mass is 19.1. The maximum absolute atomic E-state index is 14.3. The maximum atomic E-state index is 14.3. The molecule has 0 aliphatic carbocycles. The average Bonchev–Trinajstić information content (AvgIpc) is 3.30. The van der Waals surface area contributed by atoms with Gasteiger partial charge in [0.15, 0.2) is 11.6 Å². The summed E-state index contributed by atoms with van der Waals surface area (Å²) in [5.74, 6) is -2.71. The van der Waals surface area contributed by atoms with Gasteiger partial charge in [0.25, 0.3) is 5.56 Å². The molecule has 8 nitrogen and oxygen atoms in total. The molecule has 3 aromatic heterocycles. The molecule has 2 amide bonds. The maximum Gasteiger partial charge on any atom is 0.272 e. The van der Waals surface area contributed by atoms with E-state index in [-0.39, 0.29) is 47.5 Å². The van der Waals surface area contributed by atoms with E-state index in [0.29, 0.717) is 28.1 Å². The van der Waals surface area contributed by atoms with Crippen molar-refractivity contribution >= 4 is 28.4 Å². The zero-order chi connectivity index (χ0) is 23.3. The van der Waals surface area contributed by atoms with Crippen LogP contribution in [0.5, 0.6) is 11.6 Å². The van der Waals surface area contributed by atoms with Gasteiger partial charge in [-0.3, -0.25) is 14.4 Å². The monoisotopic (exact) mass is 450 g/mol. The van der Waals surface area contributed by atoms with Gasteiger partial charge in [-0.25, -0.2) is 18.7 Å². The van der Waals surface area contributed by atoms with E-state index in [2.05, 4.69) is 9.97 Å². The number of ether oxygens (including phenoxy) is 1. The number of halogens is 2. The highest BCUT2D eigenvalue weighted by Gasteiger charge is 2.31. The first-order chi connectivity index (χ1) is 15.8. The second-order valence-electron chi connectivity index (χ2n) is 7.57. The van der Waals surface area contributed by atoms with Crippen LogP contribution in [0.1, 0.15) is 12.8 Å². The van der Waals surface area contributed by atoms with Crippen molar-refractivity contribution < 1.29 is 23.1 Å². The fourth-order valence-electron chi connectivity index (χ4n) is 3.94. The number of aryl methyl sites for hydroxylation is 1. The van der Waals surface area contributed by atoms with Crippen molar-refractivity contribution in [3.05, 3.63) is 70.9 Å². The number of carbonyl (C=O) groups is 2. The third kappa shape index (κ3) is 3.45. The van der Waals surface area contributed by atoms with Gasteiger partial charge in [0, 0.05) is 54.9 Å². The summed E-state index contributed by atoms with van der Waals surface area (Å²) in [6.07, 6.45) is 4.62. The molecule has 0 saturated carbocycles. The minimum Gasteiger partial charge on any atom is -0.435 e. The minimum absolute atomic E-state index is 0.0452. The Morgan fingerprint density at radius 2 is 1.79 bits per heavy atom. The number of hydrogen-bond acceptors (Lipinski definition) is 5. The number of nitrogens with zero attached hydrogens (tertiary/aromatic N) is 3. The van der Waals surface area contributed by atoms with Crippen LogP contribution in [-0.4, -0.2) is 26.3 Å². The molecule has 1 fully saturated rings. The quantitative estimate of drug-likeness (QED) is 0.479. The third-order valence-corrected chi connectivity index (χ3v) is 5.44. The van der Waals surface area contributed by atoms with Gasteiger partial charge in [-0.2, -0.15) is 0 Å². The van der Waals surface area contributed by atoms with E-state index in [1.165, 1.54) is 18.5 Å². The number of benzene rings is 1. The van der Waals surface area contributed by atoms with Gasteiger partial charge in [-0.05, 0) is 24.3 Å². The smallest absolute Gasteiger partial charge is 0.272 e. The van der Waals surface area contributed by atoms with Crippen molar-refractivity contribution in [2.75, 3.05) is 4.90 Å². The molecule has 4 aromatic rings. The number of amides is 2. The molecule has 0 spiro atoms. The first kappa shape index (κ1) is 20.6. The Hall–Kier alpha value is -4.34. The molecule has 166 valence electrons. The molecule has 1 aromatic carbocycles. The number of H-pyrrole nitrogens is 1. The molecular weight excluding hydrogens is 434 g/mol. The van der Waals surface area contributed by atoms with Gasteiger partial charge in [0.2, 0.25) is 17.7 Å². The molecule has 5 rings (SSSR count). The first-order valence-electron chi connectivity index (χ1n) is 9.99. The lowest BCUT2D eigenvalue weighted by Crippen LogP contribution is -2.28. The Kier molecular flexibility index (Phi) is 4.77. The lowest BCUT2D eigenvalue weighted by Gasteiger charge is -2.17. The summed E-state index contributed by atoms with van der Waals surface area (Å²) in [6.45, 7) is 0. The van der Waals surface area contributed by atoms with Crippen LogP contribution in [0.25, 0.3) is 22.0 Å². The molecule has 0 bridgehead atoms. The molecule has 0 unspecified atom stereocenters. The largest absolute Gasteiger partial charge is 0.435 e. The standard InChI is InChI=1S/C23H16F2N4O4/c1-28-11-16(14-6-7-26-22(32)21(14)28)15-9-13(29-19(30)4-5-20(29)31)10-27-23(15)33-18-3-2-12(24)8-17(18)25/h2-3,6-11H,4-5H2,1H3,(H,26,32). The molecule has 10 heteroatoms.